The zero-order valence-electron chi connectivity index (χ0n) is 9.42. The molecule has 86 valence electrons. The maximum atomic E-state index is 11.6. The summed E-state index contributed by atoms with van der Waals surface area (Å²) in [5, 5.41) is 15.2. The molecule has 3 N–H and O–H groups in total. The molecule has 15 heavy (non-hydrogen) atoms. The molecule has 2 rings (SSSR count). The zero-order chi connectivity index (χ0) is 11.1. The van der Waals surface area contributed by atoms with Crippen LogP contribution in [0.25, 0.3) is 0 Å². The predicted molar refractivity (Wildman–Crippen MR) is 57.3 cm³/mol. The van der Waals surface area contributed by atoms with Crippen LogP contribution in [-0.2, 0) is 4.79 Å². The average molecular weight is 212 g/mol. The smallest absolute Gasteiger partial charge is 0.237 e. The van der Waals surface area contributed by atoms with Gasteiger partial charge >= 0.3 is 0 Å². The topological polar surface area (TPSA) is 61.4 Å². The molecule has 0 spiro atoms. The average Bonchev–Trinajstić information content (AvgIpc) is 2.59. The molecule has 1 saturated carbocycles. The highest BCUT2D eigenvalue weighted by atomic mass is 16.3. The van der Waals surface area contributed by atoms with E-state index in [1.165, 1.54) is 6.42 Å². The van der Waals surface area contributed by atoms with Crippen molar-refractivity contribution in [3.05, 3.63) is 0 Å². The first-order chi connectivity index (χ1) is 6.99. The van der Waals surface area contributed by atoms with Gasteiger partial charge in [-0.15, -0.1) is 0 Å². The lowest BCUT2D eigenvalue weighted by atomic mass is 10.1. The van der Waals surface area contributed by atoms with Crippen molar-refractivity contribution in [2.24, 2.45) is 11.3 Å². The van der Waals surface area contributed by atoms with E-state index < -0.39 is 0 Å². The van der Waals surface area contributed by atoms with E-state index in [2.05, 4.69) is 24.5 Å². The van der Waals surface area contributed by atoms with Crippen LogP contribution >= 0.6 is 0 Å². The molecule has 0 aromatic rings. The summed E-state index contributed by atoms with van der Waals surface area (Å²) in [6.07, 6.45) is 1.38. The lowest BCUT2D eigenvalue weighted by molar-refractivity contribution is -0.123. The van der Waals surface area contributed by atoms with Crippen LogP contribution in [0, 0.1) is 11.3 Å². The molecule has 2 aliphatic rings. The summed E-state index contributed by atoms with van der Waals surface area (Å²) in [5.41, 5.74) is 0.413. The molecule has 3 unspecified atom stereocenters. The van der Waals surface area contributed by atoms with Crippen molar-refractivity contribution in [1.29, 1.82) is 0 Å². The summed E-state index contributed by atoms with van der Waals surface area (Å²) in [4.78, 5) is 11.6. The number of carbonyl (C=O) groups is 1. The third-order valence-electron chi connectivity index (χ3n) is 3.66. The van der Waals surface area contributed by atoms with Gasteiger partial charge in [-0.3, -0.25) is 4.79 Å². The minimum atomic E-state index is -0.363. The quantitative estimate of drug-likeness (QED) is 0.611. The minimum Gasteiger partial charge on any atom is -0.392 e. The summed E-state index contributed by atoms with van der Waals surface area (Å²) in [6, 6.07) is -0.193. The SMILES string of the molecule is CC1(C)CC1CNC(=O)C1CC(O)CN1. The van der Waals surface area contributed by atoms with Gasteiger partial charge in [0.25, 0.3) is 0 Å². The first-order valence-corrected chi connectivity index (χ1v) is 5.68. The summed E-state index contributed by atoms with van der Waals surface area (Å²) in [5.74, 6) is 0.669. The van der Waals surface area contributed by atoms with Gasteiger partial charge in [0.05, 0.1) is 12.1 Å². The monoisotopic (exact) mass is 212 g/mol. The van der Waals surface area contributed by atoms with E-state index in [-0.39, 0.29) is 18.1 Å². The lowest BCUT2D eigenvalue weighted by Gasteiger charge is -2.11. The van der Waals surface area contributed by atoms with Crippen LogP contribution in [0.2, 0.25) is 0 Å². The molecule has 4 nitrogen and oxygen atoms in total. The van der Waals surface area contributed by atoms with Crippen molar-refractivity contribution >= 4 is 5.91 Å². The highest BCUT2D eigenvalue weighted by Crippen LogP contribution is 2.50. The molecule has 1 heterocycles. The molecule has 3 atom stereocenters. The maximum absolute atomic E-state index is 11.6. The number of rotatable bonds is 3. The summed E-state index contributed by atoms with van der Waals surface area (Å²) in [7, 11) is 0. The third kappa shape index (κ3) is 2.49. The van der Waals surface area contributed by atoms with E-state index in [1.807, 2.05) is 0 Å². The first-order valence-electron chi connectivity index (χ1n) is 5.68. The molecule has 2 fully saturated rings. The zero-order valence-corrected chi connectivity index (χ0v) is 9.42. The van der Waals surface area contributed by atoms with Crippen LogP contribution in [0.15, 0.2) is 0 Å². The molecule has 1 saturated heterocycles. The Morgan fingerprint density at radius 1 is 1.60 bits per heavy atom. The molecule has 0 aromatic heterocycles. The first kappa shape index (κ1) is 10.9. The number of hydrogen-bond acceptors (Lipinski definition) is 3. The second-order valence-corrected chi connectivity index (χ2v) is 5.49. The van der Waals surface area contributed by atoms with E-state index in [4.69, 9.17) is 0 Å². The molecular formula is C11H20N2O2. The normalized spacial score (nSPS) is 37.7. The highest BCUT2D eigenvalue weighted by molar-refractivity contribution is 5.82. The largest absolute Gasteiger partial charge is 0.392 e. The Morgan fingerprint density at radius 2 is 2.27 bits per heavy atom. The minimum absolute atomic E-state index is 0.0363. The van der Waals surface area contributed by atoms with Crippen LogP contribution in [0.5, 0.6) is 0 Å². The molecule has 0 aromatic carbocycles. The predicted octanol–water partition coefficient (Wildman–Crippen LogP) is -0.128. The maximum Gasteiger partial charge on any atom is 0.237 e. The Morgan fingerprint density at radius 3 is 2.73 bits per heavy atom. The van der Waals surface area contributed by atoms with Crippen molar-refractivity contribution in [2.75, 3.05) is 13.1 Å². The fraction of sp³-hybridized carbons (Fsp3) is 0.909. The Kier molecular flexibility index (Phi) is 2.73. The van der Waals surface area contributed by atoms with E-state index >= 15 is 0 Å². The molecule has 4 heteroatoms. The second-order valence-electron chi connectivity index (χ2n) is 5.49. The van der Waals surface area contributed by atoms with Gasteiger partial charge in [0.15, 0.2) is 0 Å². The van der Waals surface area contributed by atoms with Gasteiger partial charge in [0.1, 0.15) is 0 Å². The van der Waals surface area contributed by atoms with Crippen LogP contribution in [-0.4, -0.2) is 36.2 Å². The fourth-order valence-electron chi connectivity index (χ4n) is 2.19. The van der Waals surface area contributed by atoms with E-state index in [0.717, 1.165) is 6.54 Å². The van der Waals surface area contributed by atoms with Crippen LogP contribution in [0.4, 0.5) is 0 Å². The molecule has 1 amide bonds. The lowest BCUT2D eigenvalue weighted by Crippen LogP contribution is -2.41. The number of β-amino-alcohol motifs (C(OH)–C–C–N with tert-alkyl or cyclic N) is 1. The number of nitrogens with one attached hydrogen (secondary N) is 2. The van der Waals surface area contributed by atoms with Crippen LogP contribution in [0.3, 0.4) is 0 Å². The van der Waals surface area contributed by atoms with E-state index in [9.17, 15) is 9.90 Å². The second kappa shape index (κ2) is 3.76. The Labute approximate surface area is 90.4 Å². The number of aliphatic hydroxyl groups excluding tert-OH is 1. The van der Waals surface area contributed by atoms with Crippen molar-refractivity contribution in [1.82, 2.24) is 10.6 Å². The summed E-state index contributed by atoms with van der Waals surface area (Å²) >= 11 is 0. The number of aliphatic hydroxyl groups is 1. The molecule has 0 radical (unpaired) electrons. The van der Waals surface area contributed by atoms with E-state index in [0.29, 0.717) is 24.3 Å². The van der Waals surface area contributed by atoms with Crippen molar-refractivity contribution in [3.8, 4) is 0 Å². The summed E-state index contributed by atoms with van der Waals surface area (Å²) < 4.78 is 0. The van der Waals surface area contributed by atoms with Gasteiger partial charge < -0.3 is 15.7 Å². The third-order valence-corrected chi connectivity index (χ3v) is 3.66. The number of hydrogen-bond donors (Lipinski definition) is 3. The van der Waals surface area contributed by atoms with Gasteiger partial charge in [-0.2, -0.15) is 0 Å². The Bertz CT molecular complexity index is 265. The molecular weight excluding hydrogens is 192 g/mol. The molecule has 1 aliphatic carbocycles. The van der Waals surface area contributed by atoms with Crippen LogP contribution in [0.1, 0.15) is 26.7 Å². The number of amides is 1. The Hall–Kier alpha value is -0.610. The summed E-state index contributed by atoms with van der Waals surface area (Å²) in [6.45, 7) is 5.76. The van der Waals surface area contributed by atoms with Crippen molar-refractivity contribution < 1.29 is 9.90 Å². The van der Waals surface area contributed by atoms with Gasteiger partial charge in [-0.25, -0.2) is 0 Å². The van der Waals surface area contributed by atoms with Gasteiger partial charge in [-0.05, 0) is 24.2 Å². The van der Waals surface area contributed by atoms with E-state index in [1.54, 1.807) is 0 Å². The number of carbonyl (C=O) groups excluding carboxylic acids is 1. The fourth-order valence-corrected chi connectivity index (χ4v) is 2.19. The standard InChI is InChI=1S/C11H20N2O2/c1-11(2)4-7(11)5-13-10(15)9-3-8(14)6-12-9/h7-9,12,14H,3-6H2,1-2H3,(H,13,15). The Balaban J connectivity index is 1.69. The van der Waals surface area contributed by atoms with Gasteiger partial charge in [-0.1, -0.05) is 13.8 Å². The van der Waals surface area contributed by atoms with Crippen molar-refractivity contribution in [3.63, 3.8) is 0 Å². The van der Waals surface area contributed by atoms with Crippen molar-refractivity contribution in [2.45, 2.75) is 38.8 Å². The molecule has 1 aliphatic heterocycles. The molecule has 0 bridgehead atoms. The van der Waals surface area contributed by atoms with Crippen LogP contribution < -0.4 is 10.6 Å². The van der Waals surface area contributed by atoms with Gasteiger partial charge in [0, 0.05) is 13.1 Å². The highest BCUT2D eigenvalue weighted by Gasteiger charge is 2.45. The van der Waals surface area contributed by atoms with Gasteiger partial charge in [0.2, 0.25) is 5.91 Å².